The summed E-state index contributed by atoms with van der Waals surface area (Å²) in [6, 6.07) is 5.83. The summed E-state index contributed by atoms with van der Waals surface area (Å²) in [6.07, 6.45) is 6.61. The molecule has 1 aliphatic carbocycles. The van der Waals surface area contributed by atoms with Crippen LogP contribution in [0.5, 0.6) is 0 Å². The molecule has 0 spiro atoms. The molecule has 1 aliphatic rings. The number of alkyl halides is 1. The van der Waals surface area contributed by atoms with E-state index in [1.165, 1.54) is 13.8 Å². The average molecular weight is 428 g/mol. The maximum Gasteiger partial charge on any atom is 0.241 e. The van der Waals surface area contributed by atoms with Crippen LogP contribution < -0.4 is 5.32 Å². The van der Waals surface area contributed by atoms with Crippen molar-refractivity contribution in [2.45, 2.75) is 57.2 Å². The summed E-state index contributed by atoms with van der Waals surface area (Å²) in [5.41, 5.74) is 2.67. The molecule has 0 bridgehead atoms. The molecule has 0 unspecified atom stereocenters. The van der Waals surface area contributed by atoms with Gasteiger partial charge in [-0.05, 0) is 63.3 Å². The van der Waals surface area contributed by atoms with E-state index < -0.39 is 5.67 Å². The highest BCUT2D eigenvalue weighted by atomic mass is 19.1. The number of nitrogens with one attached hydrogen (secondary N) is 1. The zero-order chi connectivity index (χ0) is 22.0. The Balaban J connectivity index is 1.79. The van der Waals surface area contributed by atoms with Crippen molar-refractivity contribution in [2.24, 2.45) is 0 Å². The first kappa shape index (κ1) is 21.6. The van der Waals surface area contributed by atoms with Crippen molar-refractivity contribution in [1.82, 2.24) is 19.6 Å². The lowest BCUT2D eigenvalue weighted by molar-refractivity contribution is 0.121. The number of nitrogens with zero attached hydrogens (tertiary/aromatic N) is 4. The first-order chi connectivity index (χ1) is 14.9. The number of hydrogen-bond acceptors (Lipinski definition) is 6. The Morgan fingerprint density at radius 2 is 2.00 bits per heavy atom. The number of pyridine rings is 1. The van der Waals surface area contributed by atoms with Gasteiger partial charge in [-0.25, -0.2) is 13.9 Å². The van der Waals surface area contributed by atoms with Gasteiger partial charge in [-0.15, -0.1) is 5.10 Å². The van der Waals surface area contributed by atoms with Gasteiger partial charge in [0.2, 0.25) is 5.95 Å². The van der Waals surface area contributed by atoms with E-state index in [4.69, 9.17) is 9.84 Å². The predicted molar refractivity (Wildman–Crippen MR) is 118 cm³/mol. The van der Waals surface area contributed by atoms with Crippen molar-refractivity contribution >= 4 is 11.5 Å². The molecule has 3 aromatic rings. The number of halogens is 1. The minimum Gasteiger partial charge on any atom is -0.393 e. The van der Waals surface area contributed by atoms with E-state index >= 15 is 0 Å². The second-order valence-corrected chi connectivity index (χ2v) is 8.69. The normalized spacial score (nSPS) is 19.6. The molecule has 7 nitrogen and oxygen atoms in total. The zero-order valence-corrected chi connectivity index (χ0v) is 18.3. The second kappa shape index (κ2) is 8.88. The van der Waals surface area contributed by atoms with Crippen LogP contribution in [0.15, 0.2) is 30.6 Å². The van der Waals surface area contributed by atoms with Crippen molar-refractivity contribution in [3.8, 4) is 11.1 Å². The average Bonchev–Trinajstić information content (AvgIpc) is 3.13. The highest BCUT2D eigenvalue weighted by Crippen LogP contribution is 2.38. The van der Waals surface area contributed by atoms with Crippen LogP contribution in [0.4, 0.5) is 10.3 Å². The number of aromatic nitrogens is 4. The van der Waals surface area contributed by atoms with Crippen LogP contribution in [-0.4, -0.2) is 51.1 Å². The topological polar surface area (TPSA) is 84.6 Å². The minimum atomic E-state index is -1.52. The van der Waals surface area contributed by atoms with Crippen molar-refractivity contribution in [2.75, 3.05) is 25.6 Å². The van der Waals surface area contributed by atoms with Gasteiger partial charge in [-0.2, -0.15) is 0 Å². The molecule has 31 heavy (non-hydrogen) atoms. The maximum atomic E-state index is 14.5. The molecule has 166 valence electrons. The van der Waals surface area contributed by atoms with Gasteiger partial charge < -0.3 is 15.2 Å². The monoisotopic (exact) mass is 427 g/mol. The maximum absolute atomic E-state index is 14.5. The lowest BCUT2D eigenvalue weighted by atomic mass is 9.85. The van der Waals surface area contributed by atoms with Crippen molar-refractivity contribution in [1.29, 1.82) is 0 Å². The van der Waals surface area contributed by atoms with Gasteiger partial charge in [0.1, 0.15) is 5.67 Å². The Labute approximate surface area is 181 Å². The number of aliphatic hydroxyl groups excluding tert-OH is 1. The van der Waals surface area contributed by atoms with Crippen molar-refractivity contribution in [3.63, 3.8) is 0 Å². The van der Waals surface area contributed by atoms with Gasteiger partial charge >= 0.3 is 0 Å². The molecular weight excluding hydrogens is 397 g/mol. The van der Waals surface area contributed by atoms with Crippen LogP contribution in [0.2, 0.25) is 0 Å². The molecule has 0 radical (unpaired) electrons. The standard InChI is InChI=1S/C23H30FN5O2/c1-23(2,24)21-12-16(8-9-25-21)18-13-19(15-4-6-17(30)7-5-15)29-20(18)14-27-22(28-29)26-10-11-31-3/h8-9,12-15,17,30H,4-7,10-11H2,1-3H3,(H,26,28)/t15-,17-. The third-order valence-electron chi connectivity index (χ3n) is 5.93. The third-order valence-corrected chi connectivity index (χ3v) is 5.93. The number of ether oxygens (including phenoxy) is 1. The molecule has 3 aromatic heterocycles. The lowest BCUT2D eigenvalue weighted by Gasteiger charge is -2.25. The summed E-state index contributed by atoms with van der Waals surface area (Å²) in [7, 11) is 1.65. The Bertz CT molecular complexity index is 1040. The SMILES string of the molecule is COCCNc1ncc2c(-c3ccnc(C(C)(C)F)c3)cc([C@H]3CC[C@H](O)CC3)n2n1. The molecule has 0 saturated heterocycles. The van der Waals surface area contributed by atoms with E-state index in [1.54, 1.807) is 25.6 Å². The van der Waals surface area contributed by atoms with E-state index in [-0.39, 0.29) is 6.10 Å². The van der Waals surface area contributed by atoms with Gasteiger partial charge in [0.15, 0.2) is 0 Å². The number of aliphatic hydroxyl groups is 1. The van der Waals surface area contributed by atoms with Crippen molar-refractivity contribution in [3.05, 3.63) is 42.0 Å². The number of hydrogen-bond donors (Lipinski definition) is 2. The molecule has 0 atom stereocenters. The zero-order valence-electron chi connectivity index (χ0n) is 18.3. The highest BCUT2D eigenvalue weighted by molar-refractivity contribution is 5.81. The molecule has 3 heterocycles. The quantitative estimate of drug-likeness (QED) is 0.553. The summed E-state index contributed by atoms with van der Waals surface area (Å²) in [5.74, 6) is 0.828. The van der Waals surface area contributed by atoms with Crippen LogP contribution in [-0.2, 0) is 10.4 Å². The molecule has 2 N–H and O–H groups in total. The van der Waals surface area contributed by atoms with Crippen LogP contribution in [0.1, 0.15) is 56.8 Å². The molecule has 1 saturated carbocycles. The Morgan fingerprint density at radius 3 is 2.71 bits per heavy atom. The van der Waals surface area contributed by atoms with E-state index in [0.29, 0.717) is 30.7 Å². The predicted octanol–water partition coefficient (Wildman–Crippen LogP) is 4.07. The van der Waals surface area contributed by atoms with Crippen LogP contribution in [0.25, 0.3) is 16.6 Å². The first-order valence-corrected chi connectivity index (χ1v) is 10.8. The fourth-order valence-corrected chi connectivity index (χ4v) is 4.18. The van der Waals surface area contributed by atoms with Crippen LogP contribution >= 0.6 is 0 Å². The van der Waals surface area contributed by atoms with E-state index in [2.05, 4.69) is 21.4 Å². The summed E-state index contributed by atoms with van der Waals surface area (Å²) in [6.45, 7) is 4.19. The molecule has 0 aromatic carbocycles. The molecule has 1 fully saturated rings. The van der Waals surface area contributed by atoms with E-state index in [1.807, 2.05) is 10.6 Å². The number of fused-ring (bicyclic) bond motifs is 1. The molecule has 4 rings (SSSR count). The van der Waals surface area contributed by atoms with Crippen LogP contribution in [0, 0.1) is 0 Å². The smallest absolute Gasteiger partial charge is 0.241 e. The van der Waals surface area contributed by atoms with Crippen LogP contribution in [0.3, 0.4) is 0 Å². The minimum absolute atomic E-state index is 0.225. The van der Waals surface area contributed by atoms with Gasteiger partial charge in [-0.3, -0.25) is 4.98 Å². The summed E-state index contributed by atoms with van der Waals surface area (Å²) < 4.78 is 21.6. The Hall–Kier alpha value is -2.58. The van der Waals surface area contributed by atoms with Gasteiger partial charge in [0, 0.05) is 37.0 Å². The number of methoxy groups -OCH3 is 1. The molecule has 8 heteroatoms. The highest BCUT2D eigenvalue weighted by Gasteiger charge is 2.26. The molecule has 0 aliphatic heterocycles. The fourth-order valence-electron chi connectivity index (χ4n) is 4.18. The van der Waals surface area contributed by atoms with Gasteiger partial charge in [0.05, 0.1) is 30.1 Å². The van der Waals surface area contributed by atoms with E-state index in [0.717, 1.165) is 48.0 Å². The third kappa shape index (κ3) is 4.70. The molecular formula is C23H30FN5O2. The Morgan fingerprint density at radius 1 is 1.23 bits per heavy atom. The number of anilines is 1. The number of rotatable bonds is 7. The first-order valence-electron chi connectivity index (χ1n) is 10.8. The molecule has 0 amide bonds. The largest absolute Gasteiger partial charge is 0.393 e. The summed E-state index contributed by atoms with van der Waals surface area (Å²) in [4.78, 5) is 8.69. The van der Waals surface area contributed by atoms with Crippen molar-refractivity contribution < 1.29 is 14.2 Å². The van der Waals surface area contributed by atoms with Gasteiger partial charge in [-0.1, -0.05) is 0 Å². The summed E-state index contributed by atoms with van der Waals surface area (Å²) >= 11 is 0. The lowest BCUT2D eigenvalue weighted by Crippen LogP contribution is -2.19. The van der Waals surface area contributed by atoms with Gasteiger partial charge in [0.25, 0.3) is 0 Å². The second-order valence-electron chi connectivity index (χ2n) is 8.69. The fraction of sp³-hybridized carbons (Fsp3) is 0.522. The summed E-state index contributed by atoms with van der Waals surface area (Å²) in [5, 5.41) is 17.9. The van der Waals surface area contributed by atoms with E-state index in [9.17, 15) is 9.50 Å². The Kier molecular flexibility index (Phi) is 6.20.